The van der Waals surface area contributed by atoms with Crippen LogP contribution in [0, 0.1) is 0 Å². The zero-order chi connectivity index (χ0) is 11.4. The van der Waals surface area contributed by atoms with Gasteiger partial charge in [-0.3, -0.25) is 0 Å². The molecule has 0 amide bonds. The Labute approximate surface area is 102 Å². The molecule has 0 bridgehead atoms. The van der Waals surface area contributed by atoms with E-state index in [2.05, 4.69) is 31.2 Å². The van der Waals surface area contributed by atoms with E-state index in [-0.39, 0.29) is 0 Å². The van der Waals surface area contributed by atoms with Gasteiger partial charge in [-0.25, -0.2) is 9.97 Å². The maximum absolute atomic E-state index is 5.08. The van der Waals surface area contributed by atoms with Crippen molar-refractivity contribution in [3.8, 4) is 5.75 Å². The number of anilines is 2. The van der Waals surface area contributed by atoms with E-state index in [1.807, 2.05) is 30.3 Å². The van der Waals surface area contributed by atoms with Gasteiger partial charge in [-0.2, -0.15) is 0 Å². The first-order chi connectivity index (χ1) is 7.78. The molecular weight excluding hydrogens is 270 g/mol. The Balaban J connectivity index is 2.14. The summed E-state index contributed by atoms with van der Waals surface area (Å²) in [6.07, 6.45) is 1.50. The van der Waals surface area contributed by atoms with Crippen molar-refractivity contribution in [2.75, 3.05) is 12.4 Å². The van der Waals surface area contributed by atoms with Crippen molar-refractivity contribution in [1.82, 2.24) is 9.97 Å². The van der Waals surface area contributed by atoms with E-state index in [1.54, 1.807) is 7.11 Å². The molecule has 0 spiro atoms. The fourth-order valence-electron chi connectivity index (χ4n) is 1.22. The molecular formula is C11H10BrN3O. The maximum atomic E-state index is 5.08. The molecule has 1 aromatic heterocycles. The Morgan fingerprint density at radius 1 is 1.19 bits per heavy atom. The van der Waals surface area contributed by atoms with Gasteiger partial charge in [-0.05, 0) is 40.2 Å². The Morgan fingerprint density at radius 2 is 1.94 bits per heavy atom. The topological polar surface area (TPSA) is 47.0 Å². The average molecular weight is 280 g/mol. The van der Waals surface area contributed by atoms with Crippen LogP contribution in [0.15, 0.2) is 41.3 Å². The minimum Gasteiger partial charge on any atom is -0.497 e. The summed E-state index contributed by atoms with van der Waals surface area (Å²) in [5.41, 5.74) is 0.950. The summed E-state index contributed by atoms with van der Waals surface area (Å²) >= 11 is 3.29. The molecule has 82 valence electrons. The molecule has 0 unspecified atom stereocenters. The number of methoxy groups -OCH3 is 1. The summed E-state index contributed by atoms with van der Waals surface area (Å²) in [4.78, 5) is 8.05. The number of aromatic nitrogens is 2. The molecule has 1 heterocycles. The van der Waals surface area contributed by atoms with Crippen LogP contribution < -0.4 is 10.1 Å². The molecule has 0 atom stereocenters. The van der Waals surface area contributed by atoms with Crippen LogP contribution in [-0.2, 0) is 0 Å². The minimum atomic E-state index is 0.743. The monoisotopic (exact) mass is 279 g/mol. The van der Waals surface area contributed by atoms with E-state index in [4.69, 9.17) is 4.74 Å². The zero-order valence-electron chi connectivity index (χ0n) is 8.64. The van der Waals surface area contributed by atoms with E-state index < -0.39 is 0 Å². The summed E-state index contributed by atoms with van der Waals surface area (Å²) < 4.78 is 5.83. The molecule has 5 heteroatoms. The van der Waals surface area contributed by atoms with Crippen molar-refractivity contribution >= 4 is 27.4 Å². The Morgan fingerprint density at radius 3 is 2.56 bits per heavy atom. The van der Waals surface area contributed by atoms with Crippen molar-refractivity contribution < 1.29 is 4.74 Å². The second kappa shape index (κ2) is 4.94. The third kappa shape index (κ3) is 2.70. The molecule has 2 rings (SSSR count). The Hall–Kier alpha value is -1.62. The molecule has 0 aliphatic rings. The van der Waals surface area contributed by atoms with E-state index >= 15 is 0 Å². The van der Waals surface area contributed by atoms with E-state index in [1.165, 1.54) is 6.33 Å². The lowest BCUT2D eigenvalue weighted by atomic mass is 10.3. The molecule has 0 saturated carbocycles. The second-order valence-electron chi connectivity index (χ2n) is 3.08. The van der Waals surface area contributed by atoms with Crippen molar-refractivity contribution in [1.29, 1.82) is 0 Å². The highest BCUT2D eigenvalue weighted by atomic mass is 79.9. The number of ether oxygens (including phenoxy) is 1. The summed E-state index contributed by atoms with van der Waals surface area (Å²) in [6, 6.07) is 9.44. The number of benzene rings is 1. The Bertz CT molecular complexity index is 473. The summed E-state index contributed by atoms with van der Waals surface area (Å²) in [5, 5.41) is 3.16. The van der Waals surface area contributed by atoms with Gasteiger partial charge in [0.1, 0.15) is 22.5 Å². The Kier molecular flexibility index (Phi) is 3.36. The first-order valence-corrected chi connectivity index (χ1v) is 5.46. The molecule has 1 aromatic carbocycles. The maximum Gasteiger partial charge on any atom is 0.134 e. The van der Waals surface area contributed by atoms with E-state index in [0.29, 0.717) is 0 Å². The quantitative estimate of drug-likeness (QED) is 0.878. The molecule has 2 aromatic rings. The van der Waals surface area contributed by atoms with Gasteiger partial charge in [0.2, 0.25) is 0 Å². The van der Waals surface area contributed by atoms with Crippen molar-refractivity contribution in [2.24, 2.45) is 0 Å². The number of hydrogen-bond acceptors (Lipinski definition) is 4. The smallest absolute Gasteiger partial charge is 0.134 e. The predicted molar refractivity (Wildman–Crippen MR) is 66.0 cm³/mol. The van der Waals surface area contributed by atoms with Crippen LogP contribution in [0.2, 0.25) is 0 Å². The van der Waals surface area contributed by atoms with Gasteiger partial charge >= 0.3 is 0 Å². The lowest BCUT2D eigenvalue weighted by molar-refractivity contribution is 0.415. The molecule has 0 aliphatic heterocycles. The third-order valence-electron chi connectivity index (χ3n) is 2.00. The summed E-state index contributed by atoms with van der Waals surface area (Å²) in [7, 11) is 1.64. The highest BCUT2D eigenvalue weighted by molar-refractivity contribution is 9.10. The van der Waals surface area contributed by atoms with Gasteiger partial charge in [0, 0.05) is 11.8 Å². The number of halogens is 1. The first kappa shape index (κ1) is 10.9. The molecule has 16 heavy (non-hydrogen) atoms. The zero-order valence-corrected chi connectivity index (χ0v) is 10.2. The molecule has 0 saturated heterocycles. The number of nitrogens with zero attached hydrogens (tertiary/aromatic N) is 2. The van der Waals surface area contributed by atoms with Gasteiger partial charge in [-0.15, -0.1) is 0 Å². The van der Waals surface area contributed by atoms with Crippen LogP contribution in [-0.4, -0.2) is 17.1 Å². The SMILES string of the molecule is COc1ccc(Nc2cc(Br)ncn2)cc1. The highest BCUT2D eigenvalue weighted by Gasteiger charge is 1.97. The van der Waals surface area contributed by atoms with Crippen LogP contribution in [0.3, 0.4) is 0 Å². The van der Waals surface area contributed by atoms with Gasteiger partial charge in [0.15, 0.2) is 0 Å². The second-order valence-corrected chi connectivity index (χ2v) is 3.89. The molecule has 1 N–H and O–H groups in total. The minimum absolute atomic E-state index is 0.743. The van der Waals surface area contributed by atoms with Crippen molar-refractivity contribution in [3.63, 3.8) is 0 Å². The molecule has 0 radical (unpaired) electrons. The van der Waals surface area contributed by atoms with Crippen LogP contribution in [0.5, 0.6) is 5.75 Å². The number of nitrogens with one attached hydrogen (secondary N) is 1. The van der Waals surface area contributed by atoms with E-state index in [9.17, 15) is 0 Å². The van der Waals surface area contributed by atoms with Gasteiger partial charge < -0.3 is 10.1 Å². The standard InChI is InChI=1S/C11H10BrN3O/c1-16-9-4-2-8(3-5-9)15-11-6-10(12)13-7-14-11/h2-7H,1H3,(H,13,14,15). The van der Waals surface area contributed by atoms with Crippen LogP contribution in [0.4, 0.5) is 11.5 Å². The summed E-state index contributed by atoms with van der Waals surface area (Å²) in [6.45, 7) is 0. The molecule has 0 aliphatic carbocycles. The lowest BCUT2D eigenvalue weighted by Gasteiger charge is -2.06. The third-order valence-corrected chi connectivity index (χ3v) is 2.43. The van der Waals surface area contributed by atoms with Crippen LogP contribution >= 0.6 is 15.9 Å². The van der Waals surface area contributed by atoms with Gasteiger partial charge in [0.25, 0.3) is 0 Å². The highest BCUT2D eigenvalue weighted by Crippen LogP contribution is 2.19. The largest absolute Gasteiger partial charge is 0.497 e. The van der Waals surface area contributed by atoms with E-state index in [0.717, 1.165) is 21.9 Å². The van der Waals surface area contributed by atoms with Crippen LogP contribution in [0.1, 0.15) is 0 Å². The fraction of sp³-hybridized carbons (Fsp3) is 0.0909. The van der Waals surface area contributed by atoms with Gasteiger partial charge in [-0.1, -0.05) is 0 Å². The summed E-state index contributed by atoms with van der Waals surface area (Å²) in [5.74, 6) is 1.57. The molecule has 0 fully saturated rings. The lowest BCUT2D eigenvalue weighted by Crippen LogP contribution is -1.94. The van der Waals surface area contributed by atoms with Crippen molar-refractivity contribution in [2.45, 2.75) is 0 Å². The normalized spacial score (nSPS) is 9.88. The van der Waals surface area contributed by atoms with Crippen molar-refractivity contribution in [3.05, 3.63) is 41.3 Å². The van der Waals surface area contributed by atoms with Gasteiger partial charge in [0.05, 0.1) is 7.11 Å². The molecule has 4 nitrogen and oxygen atoms in total. The predicted octanol–water partition coefficient (Wildman–Crippen LogP) is 2.99. The van der Waals surface area contributed by atoms with Crippen LogP contribution in [0.25, 0.3) is 0 Å². The average Bonchev–Trinajstić information content (AvgIpc) is 2.30. The number of rotatable bonds is 3. The fourth-order valence-corrected chi connectivity index (χ4v) is 1.53. The first-order valence-electron chi connectivity index (χ1n) is 4.66. The number of hydrogen-bond donors (Lipinski definition) is 1.